The van der Waals surface area contributed by atoms with Crippen molar-refractivity contribution in [2.75, 3.05) is 28.4 Å². The molecule has 0 saturated heterocycles. The van der Waals surface area contributed by atoms with Crippen LogP contribution in [0.4, 0.5) is 0 Å². The van der Waals surface area contributed by atoms with Gasteiger partial charge in [-0.15, -0.1) is 8.42 Å². The SMILES string of the molecule is COc1c(OC)c(OC)c2c(=O)c(OC)c(-c3c4cccc3OS(=O)(=O)O4)oc2c1O. The van der Waals surface area contributed by atoms with Gasteiger partial charge in [-0.25, -0.2) is 0 Å². The topological polar surface area (TPSA) is 140 Å². The van der Waals surface area contributed by atoms with Gasteiger partial charge in [0.1, 0.15) is 10.9 Å². The zero-order valence-electron chi connectivity index (χ0n) is 16.7. The van der Waals surface area contributed by atoms with Gasteiger partial charge in [-0.1, -0.05) is 6.07 Å². The summed E-state index contributed by atoms with van der Waals surface area (Å²) >= 11 is 0. The van der Waals surface area contributed by atoms with Crippen molar-refractivity contribution in [2.45, 2.75) is 0 Å². The van der Waals surface area contributed by atoms with Gasteiger partial charge in [0.05, 0.1) is 28.4 Å². The molecule has 1 aliphatic heterocycles. The standard InChI is InChI=1S/C19H16O11S/c1-24-15-11-12(20)17(25-2)16(28-14(11)13(21)18(26-3)19(15)27-4)10-8-6-5-7-9(10)30-31(22,23)29-8/h5-7,21H,1-4H3. The van der Waals surface area contributed by atoms with Crippen LogP contribution >= 0.6 is 0 Å². The minimum Gasteiger partial charge on any atom is -0.502 e. The average molecular weight is 452 g/mol. The minimum atomic E-state index is -4.34. The normalized spacial score (nSPS) is 13.8. The molecule has 11 nitrogen and oxygen atoms in total. The molecule has 3 aromatic rings. The maximum atomic E-state index is 13.3. The second-order valence-corrected chi connectivity index (χ2v) is 7.30. The van der Waals surface area contributed by atoms with Gasteiger partial charge < -0.3 is 36.8 Å². The van der Waals surface area contributed by atoms with Gasteiger partial charge in [0.2, 0.25) is 28.4 Å². The van der Waals surface area contributed by atoms with Gasteiger partial charge >= 0.3 is 10.4 Å². The van der Waals surface area contributed by atoms with Crippen LogP contribution in [0.3, 0.4) is 0 Å². The van der Waals surface area contributed by atoms with Crippen molar-refractivity contribution < 1.29 is 45.3 Å². The second kappa shape index (κ2) is 7.16. The number of benzene rings is 2. The van der Waals surface area contributed by atoms with E-state index in [1.165, 1.54) is 46.6 Å². The summed E-state index contributed by atoms with van der Waals surface area (Å²) in [7, 11) is 0.773. The molecule has 0 fully saturated rings. The molecule has 12 heteroatoms. The summed E-state index contributed by atoms with van der Waals surface area (Å²) < 4.78 is 60.2. The molecule has 1 aliphatic rings. The van der Waals surface area contributed by atoms with E-state index in [9.17, 15) is 18.3 Å². The Kier molecular flexibility index (Phi) is 4.73. The predicted molar refractivity (Wildman–Crippen MR) is 106 cm³/mol. The Morgan fingerprint density at radius 3 is 1.90 bits per heavy atom. The zero-order valence-corrected chi connectivity index (χ0v) is 17.5. The lowest BCUT2D eigenvalue weighted by atomic mass is 10.1. The highest BCUT2D eigenvalue weighted by molar-refractivity contribution is 7.82. The molecule has 0 spiro atoms. The Morgan fingerprint density at radius 2 is 1.39 bits per heavy atom. The lowest BCUT2D eigenvalue weighted by Crippen LogP contribution is -2.21. The van der Waals surface area contributed by atoms with E-state index in [-0.39, 0.29) is 56.8 Å². The molecular formula is C19H16O11S. The summed E-state index contributed by atoms with van der Waals surface area (Å²) in [5, 5.41) is 10.6. The maximum absolute atomic E-state index is 13.3. The Balaban J connectivity index is 2.17. The number of rotatable bonds is 5. The van der Waals surface area contributed by atoms with E-state index < -0.39 is 21.6 Å². The summed E-state index contributed by atoms with van der Waals surface area (Å²) in [6.07, 6.45) is 0. The number of methoxy groups -OCH3 is 4. The quantitative estimate of drug-likeness (QED) is 0.609. The molecule has 0 radical (unpaired) electrons. The average Bonchev–Trinajstić information content (AvgIpc) is 2.72. The van der Waals surface area contributed by atoms with Gasteiger partial charge in [-0.3, -0.25) is 4.79 Å². The fraction of sp³-hybridized carbons (Fsp3) is 0.211. The van der Waals surface area contributed by atoms with Crippen molar-refractivity contribution in [2.24, 2.45) is 0 Å². The smallest absolute Gasteiger partial charge is 0.501 e. The number of phenols is 1. The van der Waals surface area contributed by atoms with Crippen LogP contribution in [-0.4, -0.2) is 42.0 Å². The number of fused-ring (bicyclic) bond motifs is 3. The molecule has 0 saturated carbocycles. The van der Waals surface area contributed by atoms with Crippen molar-refractivity contribution in [3.8, 4) is 51.6 Å². The molecule has 0 aliphatic carbocycles. The number of aromatic hydroxyl groups is 1. The highest BCUT2D eigenvalue weighted by Crippen LogP contribution is 2.52. The lowest BCUT2D eigenvalue weighted by molar-refractivity contribution is 0.311. The van der Waals surface area contributed by atoms with E-state index in [1.54, 1.807) is 0 Å². The monoisotopic (exact) mass is 452 g/mol. The Hall–Kier alpha value is -3.80. The largest absolute Gasteiger partial charge is 0.502 e. The first kappa shape index (κ1) is 20.5. The van der Waals surface area contributed by atoms with Gasteiger partial charge in [0.25, 0.3) is 0 Å². The fourth-order valence-electron chi connectivity index (χ4n) is 3.35. The van der Waals surface area contributed by atoms with Crippen LogP contribution in [0.15, 0.2) is 27.4 Å². The summed E-state index contributed by atoms with van der Waals surface area (Å²) in [5.74, 6) is -1.61. The molecule has 164 valence electrons. The van der Waals surface area contributed by atoms with Crippen molar-refractivity contribution >= 4 is 21.4 Å². The van der Waals surface area contributed by atoms with E-state index >= 15 is 0 Å². The van der Waals surface area contributed by atoms with E-state index in [4.69, 9.17) is 31.7 Å². The van der Waals surface area contributed by atoms with Crippen LogP contribution in [0, 0.1) is 0 Å². The van der Waals surface area contributed by atoms with Crippen LogP contribution in [-0.2, 0) is 10.4 Å². The van der Waals surface area contributed by atoms with Crippen LogP contribution in [0.2, 0.25) is 0 Å². The molecule has 4 rings (SSSR count). The predicted octanol–water partition coefficient (Wildman–Crippen LogP) is 2.22. The number of hydrogen-bond acceptors (Lipinski definition) is 11. The third kappa shape index (κ3) is 2.94. The molecule has 1 N–H and O–H groups in total. The minimum absolute atomic E-state index is 0.00123. The Labute approximate surface area is 175 Å². The van der Waals surface area contributed by atoms with Crippen LogP contribution < -0.4 is 32.7 Å². The number of phenolic OH excluding ortho intramolecular Hbond substituents is 1. The van der Waals surface area contributed by atoms with Gasteiger partial charge in [0, 0.05) is 0 Å². The third-order valence-electron chi connectivity index (χ3n) is 4.56. The molecule has 0 amide bonds. The third-order valence-corrected chi connectivity index (χ3v) is 5.32. The van der Waals surface area contributed by atoms with Gasteiger partial charge in [-0.05, 0) is 12.1 Å². The molecule has 0 atom stereocenters. The first-order valence-corrected chi connectivity index (χ1v) is 9.94. The van der Waals surface area contributed by atoms with Crippen LogP contribution in [0.5, 0.6) is 40.2 Å². The summed E-state index contributed by atoms with van der Waals surface area (Å²) in [6.45, 7) is 0. The van der Waals surface area contributed by atoms with Crippen LogP contribution in [0.25, 0.3) is 22.3 Å². The zero-order chi connectivity index (χ0) is 22.5. The molecule has 1 aromatic heterocycles. The summed E-state index contributed by atoms with van der Waals surface area (Å²) in [6, 6.07) is 4.18. The molecule has 2 aromatic carbocycles. The molecule has 2 heterocycles. The van der Waals surface area contributed by atoms with Crippen molar-refractivity contribution in [1.82, 2.24) is 0 Å². The number of ether oxygens (including phenoxy) is 4. The lowest BCUT2D eigenvalue weighted by Gasteiger charge is -2.21. The van der Waals surface area contributed by atoms with E-state index in [1.807, 2.05) is 0 Å². The Morgan fingerprint density at radius 1 is 0.839 bits per heavy atom. The van der Waals surface area contributed by atoms with Crippen molar-refractivity contribution in [3.63, 3.8) is 0 Å². The maximum Gasteiger partial charge on any atom is 0.501 e. The molecule has 31 heavy (non-hydrogen) atoms. The molecule has 2 bridgehead atoms. The Bertz CT molecular complexity index is 1340. The van der Waals surface area contributed by atoms with E-state index in [0.29, 0.717) is 0 Å². The molecular weight excluding hydrogens is 436 g/mol. The summed E-state index contributed by atoms with van der Waals surface area (Å²) in [5.41, 5.74) is -1.03. The highest BCUT2D eigenvalue weighted by atomic mass is 32.3. The van der Waals surface area contributed by atoms with E-state index in [2.05, 4.69) is 0 Å². The second-order valence-electron chi connectivity index (χ2n) is 6.15. The van der Waals surface area contributed by atoms with E-state index in [0.717, 1.165) is 0 Å². The van der Waals surface area contributed by atoms with Crippen molar-refractivity contribution in [3.05, 3.63) is 28.4 Å². The highest BCUT2D eigenvalue weighted by Gasteiger charge is 2.35. The number of hydrogen-bond donors (Lipinski definition) is 1. The van der Waals surface area contributed by atoms with Gasteiger partial charge in [0.15, 0.2) is 28.6 Å². The fourth-order valence-corrected chi connectivity index (χ4v) is 4.10. The van der Waals surface area contributed by atoms with Crippen molar-refractivity contribution in [1.29, 1.82) is 0 Å². The first-order valence-electron chi connectivity index (χ1n) is 8.60. The van der Waals surface area contributed by atoms with Gasteiger partial charge in [-0.2, -0.15) is 0 Å². The molecule has 0 unspecified atom stereocenters. The van der Waals surface area contributed by atoms with Crippen LogP contribution in [0.1, 0.15) is 0 Å². The first-order chi connectivity index (χ1) is 14.8. The summed E-state index contributed by atoms with van der Waals surface area (Å²) in [4.78, 5) is 13.3.